The van der Waals surface area contributed by atoms with E-state index in [1.54, 1.807) is 24.8 Å². The van der Waals surface area contributed by atoms with Crippen LogP contribution in [-0.4, -0.2) is 92.2 Å². The lowest BCUT2D eigenvalue weighted by Gasteiger charge is -2.33. The van der Waals surface area contributed by atoms with E-state index in [0.29, 0.717) is 40.2 Å². The Hall–Kier alpha value is -3.96. The topological polar surface area (TPSA) is 106 Å². The third-order valence-electron chi connectivity index (χ3n) is 6.54. The number of nitrogens with one attached hydrogen (secondary N) is 2. The summed E-state index contributed by atoms with van der Waals surface area (Å²) in [5, 5.41) is 7.63. The maximum absolute atomic E-state index is 16.0. The first-order valence-corrected chi connectivity index (χ1v) is 11.9. The summed E-state index contributed by atoms with van der Waals surface area (Å²) in [7, 11) is 6.08. The number of piperazine rings is 1. The van der Waals surface area contributed by atoms with Gasteiger partial charge in [0.1, 0.15) is 16.9 Å². The molecular weight excluding hydrogens is 459 g/mol. The smallest absolute Gasteiger partial charge is 0.161 e. The maximum atomic E-state index is 16.0. The zero-order valence-electron chi connectivity index (χ0n) is 20.5. The monoisotopic (exact) mass is 486 g/mol. The molecule has 1 aliphatic rings. The van der Waals surface area contributed by atoms with E-state index in [0.717, 1.165) is 42.9 Å². The van der Waals surface area contributed by atoms with Gasteiger partial charge in [-0.3, -0.25) is 15.1 Å². The molecule has 1 fully saturated rings. The molecule has 184 valence electrons. The molecule has 10 nitrogen and oxygen atoms in total. The number of hydrogen-bond donors (Lipinski definition) is 2. The van der Waals surface area contributed by atoms with Gasteiger partial charge in [0.05, 0.1) is 22.8 Å². The van der Waals surface area contributed by atoms with E-state index in [4.69, 9.17) is 4.98 Å². The van der Waals surface area contributed by atoms with Gasteiger partial charge in [-0.2, -0.15) is 5.10 Å². The van der Waals surface area contributed by atoms with Crippen LogP contribution in [0.25, 0.3) is 44.8 Å². The molecule has 0 radical (unpaired) electrons. The number of hydrogen-bond acceptors (Lipinski definition) is 8. The van der Waals surface area contributed by atoms with Crippen LogP contribution in [0.5, 0.6) is 0 Å². The number of H-pyrrole nitrogens is 2. The number of fused-ring (bicyclic) bond motifs is 2. The summed E-state index contributed by atoms with van der Waals surface area (Å²) in [5.41, 5.74) is 5.13. The van der Waals surface area contributed by atoms with Crippen LogP contribution in [0.15, 0.2) is 36.9 Å². The van der Waals surface area contributed by atoms with Crippen LogP contribution < -0.4 is 4.90 Å². The van der Waals surface area contributed by atoms with Crippen molar-refractivity contribution in [1.82, 2.24) is 44.9 Å². The van der Waals surface area contributed by atoms with Gasteiger partial charge in [-0.1, -0.05) is 0 Å². The van der Waals surface area contributed by atoms with Crippen molar-refractivity contribution in [3.8, 4) is 22.8 Å². The van der Waals surface area contributed by atoms with Gasteiger partial charge < -0.3 is 19.7 Å². The predicted molar refractivity (Wildman–Crippen MR) is 137 cm³/mol. The van der Waals surface area contributed by atoms with E-state index in [-0.39, 0.29) is 5.69 Å². The van der Waals surface area contributed by atoms with Crippen LogP contribution in [0.4, 0.5) is 10.1 Å². The molecule has 0 unspecified atom stereocenters. The highest BCUT2D eigenvalue weighted by molar-refractivity contribution is 5.96. The summed E-state index contributed by atoms with van der Waals surface area (Å²) in [6, 6.07) is 3.90. The average Bonchev–Trinajstić information content (AvgIpc) is 3.49. The number of pyridine rings is 3. The van der Waals surface area contributed by atoms with Gasteiger partial charge in [-0.05, 0) is 38.8 Å². The third kappa shape index (κ3) is 3.95. The molecule has 2 N–H and O–H groups in total. The quantitative estimate of drug-likeness (QED) is 0.391. The van der Waals surface area contributed by atoms with E-state index < -0.39 is 5.82 Å². The number of aromatic nitrogens is 7. The van der Waals surface area contributed by atoms with Crippen molar-refractivity contribution in [1.29, 1.82) is 0 Å². The molecule has 6 rings (SSSR count). The van der Waals surface area contributed by atoms with E-state index >= 15 is 4.39 Å². The molecule has 5 aromatic rings. The molecule has 0 aromatic carbocycles. The van der Waals surface area contributed by atoms with Crippen LogP contribution in [0.2, 0.25) is 0 Å². The second-order valence-electron chi connectivity index (χ2n) is 9.50. The standard InChI is InChI=1S/C25H27FN10/c1-34(2)14-15-10-16(12-27-11-15)21-20(26)19-17(13-29-21)32-33-23(19)25-30-22-18(4-5-28-24(22)31-25)36-8-6-35(3)7-9-36/h4-5,10-13H,6-9,14H2,1-3H3,(H,32,33)(H,28,30,31). The first kappa shape index (κ1) is 22.5. The lowest BCUT2D eigenvalue weighted by atomic mass is 10.1. The number of likely N-dealkylation sites (N-methyl/N-ethyl adjacent to an activating group) is 1. The second kappa shape index (κ2) is 8.92. The van der Waals surface area contributed by atoms with Crippen LogP contribution in [0, 0.1) is 5.82 Å². The summed E-state index contributed by atoms with van der Waals surface area (Å²) in [6.45, 7) is 4.48. The number of halogens is 1. The van der Waals surface area contributed by atoms with E-state index in [1.807, 2.05) is 31.1 Å². The Bertz CT molecular complexity index is 1550. The average molecular weight is 487 g/mol. The van der Waals surface area contributed by atoms with Gasteiger partial charge in [-0.15, -0.1) is 0 Å². The summed E-state index contributed by atoms with van der Waals surface area (Å²) >= 11 is 0. The Morgan fingerprint density at radius 3 is 2.69 bits per heavy atom. The van der Waals surface area contributed by atoms with Gasteiger partial charge >= 0.3 is 0 Å². The van der Waals surface area contributed by atoms with Crippen molar-refractivity contribution in [3.63, 3.8) is 0 Å². The number of aromatic amines is 2. The number of anilines is 1. The van der Waals surface area contributed by atoms with Gasteiger partial charge in [0.2, 0.25) is 0 Å². The number of rotatable bonds is 5. The van der Waals surface area contributed by atoms with Crippen LogP contribution >= 0.6 is 0 Å². The summed E-state index contributed by atoms with van der Waals surface area (Å²) in [5.74, 6) is -0.00591. The predicted octanol–water partition coefficient (Wildman–Crippen LogP) is 2.91. The molecule has 0 amide bonds. The SMILES string of the molecule is CN(C)Cc1cncc(-c2ncc3[nH]nc(-c4nc5c(N6CCN(C)CC6)ccnc5[nH]4)c3c2F)c1. The highest BCUT2D eigenvalue weighted by Crippen LogP contribution is 2.34. The van der Waals surface area contributed by atoms with Crippen molar-refractivity contribution in [3.05, 3.63) is 48.3 Å². The maximum Gasteiger partial charge on any atom is 0.161 e. The van der Waals surface area contributed by atoms with Crippen molar-refractivity contribution in [2.24, 2.45) is 0 Å². The fraction of sp³-hybridized carbons (Fsp3) is 0.320. The largest absolute Gasteiger partial charge is 0.367 e. The zero-order valence-corrected chi connectivity index (χ0v) is 20.5. The fourth-order valence-electron chi connectivity index (χ4n) is 4.73. The van der Waals surface area contributed by atoms with Crippen LogP contribution in [0.1, 0.15) is 5.56 Å². The molecule has 5 aromatic heterocycles. The lowest BCUT2D eigenvalue weighted by Crippen LogP contribution is -2.44. The molecule has 1 saturated heterocycles. The molecule has 1 aliphatic heterocycles. The lowest BCUT2D eigenvalue weighted by molar-refractivity contribution is 0.313. The highest BCUT2D eigenvalue weighted by atomic mass is 19.1. The second-order valence-corrected chi connectivity index (χ2v) is 9.50. The molecule has 0 spiro atoms. The molecule has 0 saturated carbocycles. The Morgan fingerprint density at radius 2 is 1.89 bits per heavy atom. The van der Waals surface area contributed by atoms with E-state index in [1.165, 1.54) is 0 Å². The molecule has 36 heavy (non-hydrogen) atoms. The fourth-order valence-corrected chi connectivity index (χ4v) is 4.73. The minimum atomic E-state index is -0.465. The number of imidazole rings is 1. The van der Waals surface area contributed by atoms with E-state index in [9.17, 15) is 0 Å². The molecule has 0 atom stereocenters. The van der Waals surface area contributed by atoms with Crippen molar-refractivity contribution < 1.29 is 4.39 Å². The first-order chi connectivity index (χ1) is 17.5. The molecule has 6 heterocycles. The summed E-state index contributed by atoms with van der Waals surface area (Å²) in [6.07, 6.45) is 6.78. The summed E-state index contributed by atoms with van der Waals surface area (Å²) in [4.78, 5) is 27.9. The molecular formula is C25H27FN10. The number of nitrogens with zero attached hydrogens (tertiary/aromatic N) is 8. The zero-order chi connectivity index (χ0) is 24.8. The molecule has 0 bridgehead atoms. The minimum absolute atomic E-state index is 0.227. The van der Waals surface area contributed by atoms with Gasteiger partial charge in [0.25, 0.3) is 0 Å². The molecule has 11 heteroatoms. The van der Waals surface area contributed by atoms with Crippen LogP contribution in [0.3, 0.4) is 0 Å². The van der Waals surface area contributed by atoms with Crippen molar-refractivity contribution in [2.45, 2.75) is 6.54 Å². The van der Waals surface area contributed by atoms with Crippen LogP contribution in [-0.2, 0) is 6.54 Å². The van der Waals surface area contributed by atoms with Crippen molar-refractivity contribution >= 4 is 27.8 Å². The van der Waals surface area contributed by atoms with Gasteiger partial charge in [-0.25, -0.2) is 14.4 Å². The Morgan fingerprint density at radius 1 is 1.06 bits per heavy atom. The van der Waals surface area contributed by atoms with Crippen molar-refractivity contribution in [2.75, 3.05) is 52.2 Å². The van der Waals surface area contributed by atoms with E-state index in [2.05, 4.69) is 47.0 Å². The summed E-state index contributed by atoms with van der Waals surface area (Å²) < 4.78 is 16.0. The van der Waals surface area contributed by atoms with Gasteiger partial charge in [0.15, 0.2) is 17.3 Å². The normalized spacial score (nSPS) is 15.0. The Labute approximate surface area is 207 Å². The van der Waals surface area contributed by atoms with Gasteiger partial charge in [0, 0.05) is 56.9 Å². The Balaban J connectivity index is 1.43. The highest BCUT2D eigenvalue weighted by Gasteiger charge is 2.23. The first-order valence-electron chi connectivity index (χ1n) is 11.9. The molecule has 0 aliphatic carbocycles. The third-order valence-corrected chi connectivity index (χ3v) is 6.54. The Kier molecular flexibility index (Phi) is 5.57. The minimum Gasteiger partial charge on any atom is -0.367 e.